The van der Waals surface area contributed by atoms with Gasteiger partial charge in [0, 0.05) is 0 Å². The van der Waals surface area contributed by atoms with E-state index in [4.69, 9.17) is 51.8 Å². The first-order chi connectivity index (χ1) is 25.6. The Labute approximate surface area is 319 Å². The summed E-state index contributed by atoms with van der Waals surface area (Å²) in [5, 5.41) is 2.47. The lowest BCUT2D eigenvalue weighted by atomic mass is 10.2. The number of benzene rings is 2. The highest BCUT2D eigenvalue weighted by molar-refractivity contribution is 6.99. The standard InChI is InChI=1S/C40H66O12Si/c1-39(2,3)52-38(41)35-50-32-31-48-28-27-46-24-23-44-20-19-42-17-18-43-21-22-45-25-26-47-29-30-49-33-34-51-53(40(4,5)6,36-13-9-7-10-14-36)37-15-11-8-12-16-37/h7-16H,17-35H2,1-6H3. The molecule has 0 radical (unpaired) electrons. The maximum atomic E-state index is 11.5. The normalized spacial score (nSPS) is 12.3. The number of hydrogen-bond donors (Lipinski definition) is 0. The molecule has 2 aromatic carbocycles. The highest BCUT2D eigenvalue weighted by Gasteiger charge is 2.50. The second-order valence-corrected chi connectivity index (χ2v) is 18.4. The van der Waals surface area contributed by atoms with Crippen molar-refractivity contribution in [2.24, 2.45) is 0 Å². The van der Waals surface area contributed by atoms with E-state index in [1.165, 1.54) is 10.4 Å². The fourth-order valence-electron chi connectivity index (χ4n) is 5.30. The predicted octanol–water partition coefficient (Wildman–Crippen LogP) is 4.05. The van der Waals surface area contributed by atoms with Gasteiger partial charge in [0.15, 0.2) is 0 Å². The zero-order valence-electron chi connectivity index (χ0n) is 33.1. The molecule has 0 unspecified atom stereocenters. The molecule has 0 aliphatic carbocycles. The van der Waals surface area contributed by atoms with E-state index in [1.54, 1.807) is 0 Å². The van der Waals surface area contributed by atoms with Crippen LogP contribution in [0.15, 0.2) is 60.7 Å². The lowest BCUT2D eigenvalue weighted by Gasteiger charge is -2.43. The second kappa shape index (κ2) is 28.2. The van der Waals surface area contributed by atoms with Crippen LogP contribution in [0.25, 0.3) is 0 Å². The van der Waals surface area contributed by atoms with Gasteiger partial charge in [-0.1, -0.05) is 81.4 Å². The van der Waals surface area contributed by atoms with Crippen molar-refractivity contribution in [3.05, 3.63) is 60.7 Å². The molecular formula is C40H66O12Si. The largest absolute Gasteiger partial charge is 0.458 e. The molecule has 12 nitrogen and oxygen atoms in total. The van der Waals surface area contributed by atoms with E-state index in [2.05, 4.69) is 81.4 Å². The molecule has 0 aliphatic rings. The third-order valence-corrected chi connectivity index (χ3v) is 12.6. The molecule has 2 aromatic rings. The summed E-state index contributed by atoms with van der Waals surface area (Å²) in [6, 6.07) is 21.3. The molecule has 0 fully saturated rings. The van der Waals surface area contributed by atoms with Gasteiger partial charge in [0.05, 0.1) is 119 Å². The topological polar surface area (TPSA) is 119 Å². The van der Waals surface area contributed by atoms with E-state index in [9.17, 15) is 4.79 Å². The molecule has 53 heavy (non-hydrogen) atoms. The van der Waals surface area contributed by atoms with Crippen LogP contribution < -0.4 is 10.4 Å². The van der Waals surface area contributed by atoms with Crippen molar-refractivity contribution in [2.45, 2.75) is 52.2 Å². The van der Waals surface area contributed by atoms with E-state index < -0.39 is 13.9 Å². The van der Waals surface area contributed by atoms with Crippen LogP contribution in [0.2, 0.25) is 5.04 Å². The Morgan fingerprint density at radius 2 is 0.717 bits per heavy atom. The van der Waals surface area contributed by atoms with Gasteiger partial charge in [0.25, 0.3) is 8.32 Å². The van der Waals surface area contributed by atoms with Gasteiger partial charge in [-0.25, -0.2) is 4.79 Å². The first-order valence-corrected chi connectivity index (χ1v) is 20.6. The second-order valence-electron chi connectivity index (χ2n) is 14.0. The number of hydrogen-bond acceptors (Lipinski definition) is 12. The van der Waals surface area contributed by atoms with E-state index in [0.717, 1.165) is 0 Å². The minimum atomic E-state index is -2.54. The first-order valence-electron chi connectivity index (χ1n) is 18.7. The van der Waals surface area contributed by atoms with Crippen molar-refractivity contribution >= 4 is 24.7 Å². The van der Waals surface area contributed by atoms with E-state index >= 15 is 0 Å². The number of ether oxygens (including phenoxy) is 10. The monoisotopic (exact) mass is 766 g/mol. The molecule has 0 amide bonds. The minimum absolute atomic E-state index is 0.0602. The fraction of sp³-hybridized carbons (Fsp3) is 0.675. The zero-order chi connectivity index (χ0) is 38.5. The van der Waals surface area contributed by atoms with Crippen LogP contribution in [0.5, 0.6) is 0 Å². The van der Waals surface area contributed by atoms with Gasteiger partial charge in [-0.05, 0) is 36.2 Å². The Kier molecular flexibility index (Phi) is 24.9. The third kappa shape index (κ3) is 21.4. The van der Waals surface area contributed by atoms with Crippen LogP contribution in [0.3, 0.4) is 0 Å². The Hall–Kier alpha value is -2.27. The van der Waals surface area contributed by atoms with Crippen molar-refractivity contribution in [2.75, 3.05) is 126 Å². The summed E-state index contributed by atoms with van der Waals surface area (Å²) in [6.45, 7) is 20.7. The molecule has 0 atom stereocenters. The quantitative estimate of drug-likeness (QED) is 0.0608. The molecule has 0 aliphatic heterocycles. The predicted molar refractivity (Wildman–Crippen MR) is 207 cm³/mol. The number of esters is 1. The van der Waals surface area contributed by atoms with Crippen LogP contribution in [0, 0.1) is 0 Å². The van der Waals surface area contributed by atoms with Crippen LogP contribution in [-0.4, -0.2) is 145 Å². The van der Waals surface area contributed by atoms with Gasteiger partial charge >= 0.3 is 5.97 Å². The van der Waals surface area contributed by atoms with Gasteiger partial charge in [0.2, 0.25) is 0 Å². The molecule has 302 valence electrons. The summed E-state index contributed by atoms with van der Waals surface area (Å²) >= 11 is 0. The fourth-order valence-corrected chi connectivity index (χ4v) is 9.85. The van der Waals surface area contributed by atoms with Crippen molar-refractivity contribution < 1.29 is 56.6 Å². The molecule has 0 spiro atoms. The molecular weight excluding hydrogens is 701 g/mol. The van der Waals surface area contributed by atoms with Gasteiger partial charge in [-0.2, -0.15) is 0 Å². The molecule has 2 rings (SSSR count). The molecule has 0 bridgehead atoms. The molecule has 0 saturated carbocycles. The number of carbonyl (C=O) groups excluding carboxylic acids is 1. The Bertz CT molecular complexity index is 1120. The molecule has 0 saturated heterocycles. The minimum Gasteiger partial charge on any atom is -0.458 e. The molecule has 0 aromatic heterocycles. The lowest BCUT2D eigenvalue weighted by Crippen LogP contribution is -2.66. The zero-order valence-corrected chi connectivity index (χ0v) is 34.1. The highest BCUT2D eigenvalue weighted by Crippen LogP contribution is 2.36. The summed E-state index contributed by atoms with van der Waals surface area (Å²) in [5.74, 6) is -0.386. The Balaban J connectivity index is 1.33. The van der Waals surface area contributed by atoms with Gasteiger partial charge < -0.3 is 51.8 Å². The average Bonchev–Trinajstić information content (AvgIpc) is 3.12. The summed E-state index contributed by atoms with van der Waals surface area (Å²) in [4.78, 5) is 11.5. The highest BCUT2D eigenvalue weighted by atomic mass is 28.4. The van der Waals surface area contributed by atoms with E-state index in [-0.39, 0.29) is 17.6 Å². The maximum absolute atomic E-state index is 11.5. The van der Waals surface area contributed by atoms with Crippen molar-refractivity contribution in [3.63, 3.8) is 0 Å². The molecule has 13 heteroatoms. The SMILES string of the molecule is CC(C)(C)OC(=O)COCCOCCOCCOCCOCCOCCOCCOCCOCCO[Si](c1ccccc1)(c1ccccc1)C(C)(C)C. The smallest absolute Gasteiger partial charge is 0.332 e. The van der Waals surface area contributed by atoms with Crippen molar-refractivity contribution in [1.29, 1.82) is 0 Å². The van der Waals surface area contributed by atoms with Gasteiger partial charge in [0.1, 0.15) is 12.2 Å². The number of rotatable bonds is 32. The first kappa shape index (κ1) is 46.9. The molecule has 0 N–H and O–H groups in total. The average molecular weight is 767 g/mol. The number of carbonyl (C=O) groups is 1. The lowest BCUT2D eigenvalue weighted by molar-refractivity contribution is -0.160. The molecule has 0 heterocycles. The Morgan fingerprint density at radius 3 is 1.00 bits per heavy atom. The van der Waals surface area contributed by atoms with Crippen molar-refractivity contribution in [3.8, 4) is 0 Å². The third-order valence-electron chi connectivity index (χ3n) is 7.58. The van der Waals surface area contributed by atoms with E-state index in [1.807, 2.05) is 20.8 Å². The van der Waals surface area contributed by atoms with E-state index in [0.29, 0.717) is 119 Å². The van der Waals surface area contributed by atoms with Gasteiger partial charge in [-0.3, -0.25) is 0 Å². The maximum Gasteiger partial charge on any atom is 0.332 e. The van der Waals surface area contributed by atoms with Gasteiger partial charge in [-0.15, -0.1) is 0 Å². The van der Waals surface area contributed by atoms with Crippen LogP contribution in [-0.2, 0) is 56.6 Å². The Morgan fingerprint density at radius 1 is 0.434 bits per heavy atom. The summed E-state index contributed by atoms with van der Waals surface area (Å²) in [7, 11) is -2.54. The summed E-state index contributed by atoms with van der Waals surface area (Å²) in [5.41, 5.74) is -0.513. The summed E-state index contributed by atoms with van der Waals surface area (Å²) < 4.78 is 61.7. The van der Waals surface area contributed by atoms with Crippen LogP contribution >= 0.6 is 0 Å². The summed E-state index contributed by atoms with van der Waals surface area (Å²) in [6.07, 6.45) is 0. The van der Waals surface area contributed by atoms with Crippen LogP contribution in [0.4, 0.5) is 0 Å². The van der Waals surface area contributed by atoms with Crippen molar-refractivity contribution in [1.82, 2.24) is 0 Å². The van der Waals surface area contributed by atoms with Crippen LogP contribution in [0.1, 0.15) is 41.5 Å².